The molecule has 1 rings (SSSR count). The lowest BCUT2D eigenvalue weighted by molar-refractivity contribution is -0.116. The number of rotatable bonds is 3. The molecule has 0 bridgehead atoms. The number of hydrogen-bond donors (Lipinski definition) is 2. The Balaban J connectivity index is 2.71. The van der Waals surface area contributed by atoms with Crippen molar-refractivity contribution >= 4 is 12.0 Å². The minimum absolute atomic E-state index is 0.175. The summed E-state index contributed by atoms with van der Waals surface area (Å²) in [6, 6.07) is 0. The van der Waals surface area contributed by atoms with Crippen LogP contribution in [0.1, 0.15) is 12.7 Å². The standard InChI is InChI=1S/C9H11N3O/c1-3-10-9(13)7(2)6-8-11-4-5-12-8/h3-6H,1H2,2H3,(H,10,13)(H,11,12). The highest BCUT2D eigenvalue weighted by molar-refractivity contribution is 5.97. The van der Waals surface area contributed by atoms with Gasteiger partial charge in [0.1, 0.15) is 5.82 Å². The van der Waals surface area contributed by atoms with Gasteiger partial charge in [-0.1, -0.05) is 6.58 Å². The maximum atomic E-state index is 11.2. The van der Waals surface area contributed by atoms with Crippen LogP contribution in [0.5, 0.6) is 0 Å². The van der Waals surface area contributed by atoms with Crippen molar-refractivity contribution in [3.63, 3.8) is 0 Å². The number of nitrogens with one attached hydrogen (secondary N) is 2. The van der Waals surface area contributed by atoms with Crippen LogP contribution in [0.2, 0.25) is 0 Å². The molecule has 1 heterocycles. The predicted molar refractivity (Wildman–Crippen MR) is 50.6 cm³/mol. The molecule has 0 aliphatic carbocycles. The van der Waals surface area contributed by atoms with E-state index < -0.39 is 0 Å². The van der Waals surface area contributed by atoms with E-state index in [-0.39, 0.29) is 5.91 Å². The van der Waals surface area contributed by atoms with Gasteiger partial charge in [0, 0.05) is 18.0 Å². The maximum absolute atomic E-state index is 11.2. The van der Waals surface area contributed by atoms with Crippen LogP contribution in [0.25, 0.3) is 6.08 Å². The second kappa shape index (κ2) is 4.25. The molecule has 0 unspecified atom stereocenters. The van der Waals surface area contributed by atoms with Crippen LogP contribution in [0.3, 0.4) is 0 Å². The fourth-order valence-corrected chi connectivity index (χ4v) is 0.834. The summed E-state index contributed by atoms with van der Waals surface area (Å²) in [5.41, 5.74) is 0.579. The molecule has 1 aromatic rings. The second-order valence-corrected chi connectivity index (χ2v) is 2.48. The van der Waals surface area contributed by atoms with E-state index in [9.17, 15) is 4.79 Å². The monoisotopic (exact) mass is 177 g/mol. The summed E-state index contributed by atoms with van der Waals surface area (Å²) < 4.78 is 0. The first-order chi connectivity index (χ1) is 6.24. The highest BCUT2D eigenvalue weighted by atomic mass is 16.1. The number of aromatic amines is 1. The van der Waals surface area contributed by atoms with Gasteiger partial charge in [0.2, 0.25) is 0 Å². The lowest BCUT2D eigenvalue weighted by Crippen LogP contribution is -2.17. The van der Waals surface area contributed by atoms with Crippen molar-refractivity contribution < 1.29 is 4.79 Å². The van der Waals surface area contributed by atoms with Gasteiger partial charge in [0.05, 0.1) is 0 Å². The molecule has 0 fully saturated rings. The first-order valence-corrected chi connectivity index (χ1v) is 3.83. The topological polar surface area (TPSA) is 57.8 Å². The maximum Gasteiger partial charge on any atom is 0.250 e. The molecule has 13 heavy (non-hydrogen) atoms. The van der Waals surface area contributed by atoms with E-state index in [0.717, 1.165) is 0 Å². The molecule has 68 valence electrons. The van der Waals surface area contributed by atoms with Gasteiger partial charge in [-0.25, -0.2) is 4.98 Å². The van der Waals surface area contributed by atoms with Crippen LogP contribution < -0.4 is 5.32 Å². The average molecular weight is 177 g/mol. The SMILES string of the molecule is C=CNC(=O)C(C)=Cc1ncc[nH]1. The third-order valence-electron chi connectivity index (χ3n) is 1.46. The normalized spacial score (nSPS) is 11.0. The largest absolute Gasteiger partial charge is 0.345 e. The number of imidazole rings is 1. The van der Waals surface area contributed by atoms with E-state index >= 15 is 0 Å². The minimum Gasteiger partial charge on any atom is -0.345 e. The van der Waals surface area contributed by atoms with E-state index in [2.05, 4.69) is 21.9 Å². The van der Waals surface area contributed by atoms with Crippen molar-refractivity contribution in [2.45, 2.75) is 6.92 Å². The van der Waals surface area contributed by atoms with Gasteiger partial charge < -0.3 is 10.3 Å². The van der Waals surface area contributed by atoms with Crippen molar-refractivity contribution in [2.75, 3.05) is 0 Å². The van der Waals surface area contributed by atoms with Gasteiger partial charge in [0.15, 0.2) is 0 Å². The number of hydrogen-bond acceptors (Lipinski definition) is 2. The Morgan fingerprint density at radius 2 is 2.54 bits per heavy atom. The molecule has 4 heteroatoms. The van der Waals surface area contributed by atoms with E-state index in [4.69, 9.17) is 0 Å². The van der Waals surface area contributed by atoms with Gasteiger partial charge in [-0.2, -0.15) is 0 Å². The van der Waals surface area contributed by atoms with Crippen molar-refractivity contribution in [3.05, 3.63) is 36.6 Å². The molecule has 1 amide bonds. The smallest absolute Gasteiger partial charge is 0.250 e. The summed E-state index contributed by atoms with van der Waals surface area (Å²) in [6.45, 7) is 5.11. The van der Waals surface area contributed by atoms with Crippen molar-refractivity contribution in [1.82, 2.24) is 15.3 Å². The predicted octanol–water partition coefficient (Wildman–Crippen LogP) is 1.07. The van der Waals surface area contributed by atoms with Crippen molar-refractivity contribution in [3.8, 4) is 0 Å². The lowest BCUT2D eigenvalue weighted by Gasteiger charge is -1.97. The molecule has 4 nitrogen and oxygen atoms in total. The Labute approximate surface area is 76.4 Å². The van der Waals surface area contributed by atoms with Crippen LogP contribution in [0.4, 0.5) is 0 Å². The molecule has 0 radical (unpaired) electrons. The third kappa shape index (κ3) is 2.59. The first-order valence-electron chi connectivity index (χ1n) is 3.83. The molecule has 0 aliphatic rings. The Kier molecular flexibility index (Phi) is 3.03. The Hall–Kier alpha value is -1.84. The van der Waals surface area contributed by atoms with Crippen molar-refractivity contribution in [2.24, 2.45) is 0 Å². The number of carbonyl (C=O) groups is 1. The van der Waals surface area contributed by atoms with Gasteiger partial charge in [-0.3, -0.25) is 4.79 Å². The average Bonchev–Trinajstić information content (AvgIpc) is 2.57. The molecular weight excluding hydrogens is 166 g/mol. The molecule has 0 spiro atoms. The quantitative estimate of drug-likeness (QED) is 0.678. The summed E-state index contributed by atoms with van der Waals surface area (Å²) >= 11 is 0. The summed E-state index contributed by atoms with van der Waals surface area (Å²) in [7, 11) is 0. The number of amides is 1. The molecule has 2 N–H and O–H groups in total. The number of aromatic nitrogens is 2. The van der Waals surface area contributed by atoms with Crippen LogP contribution in [0, 0.1) is 0 Å². The molecule has 0 aromatic carbocycles. The number of nitrogens with zero attached hydrogens (tertiary/aromatic N) is 1. The zero-order valence-electron chi connectivity index (χ0n) is 7.37. The highest BCUT2D eigenvalue weighted by Gasteiger charge is 2.01. The first kappa shape index (κ1) is 9.25. The molecule has 0 aliphatic heterocycles. The van der Waals surface area contributed by atoms with E-state index in [1.54, 1.807) is 25.4 Å². The van der Waals surface area contributed by atoms with Crippen LogP contribution in [-0.2, 0) is 4.79 Å². The Morgan fingerprint density at radius 1 is 1.77 bits per heavy atom. The summed E-state index contributed by atoms with van der Waals surface area (Å²) in [5.74, 6) is 0.489. The molecule has 1 aromatic heterocycles. The number of H-pyrrole nitrogens is 1. The zero-order valence-corrected chi connectivity index (χ0v) is 7.37. The second-order valence-electron chi connectivity index (χ2n) is 2.48. The van der Waals surface area contributed by atoms with Crippen LogP contribution in [-0.4, -0.2) is 15.9 Å². The van der Waals surface area contributed by atoms with Gasteiger partial charge >= 0.3 is 0 Å². The van der Waals surface area contributed by atoms with E-state index in [1.165, 1.54) is 6.20 Å². The molecule has 0 saturated heterocycles. The summed E-state index contributed by atoms with van der Waals surface area (Å²) in [6.07, 6.45) is 6.34. The summed E-state index contributed by atoms with van der Waals surface area (Å²) in [5, 5.41) is 2.47. The molecule has 0 atom stereocenters. The zero-order chi connectivity index (χ0) is 9.68. The fraction of sp³-hybridized carbons (Fsp3) is 0.111. The molecular formula is C9H11N3O. The van der Waals surface area contributed by atoms with Gasteiger partial charge in [-0.05, 0) is 19.2 Å². The fourth-order valence-electron chi connectivity index (χ4n) is 0.834. The van der Waals surface area contributed by atoms with Gasteiger partial charge in [-0.15, -0.1) is 0 Å². The van der Waals surface area contributed by atoms with Gasteiger partial charge in [0.25, 0.3) is 5.91 Å². The lowest BCUT2D eigenvalue weighted by atomic mass is 10.2. The molecule has 0 saturated carbocycles. The van der Waals surface area contributed by atoms with E-state index in [1.807, 2.05) is 0 Å². The van der Waals surface area contributed by atoms with Crippen LogP contribution >= 0.6 is 0 Å². The number of carbonyl (C=O) groups excluding carboxylic acids is 1. The minimum atomic E-state index is -0.175. The summed E-state index contributed by atoms with van der Waals surface area (Å²) in [4.78, 5) is 18.0. The highest BCUT2D eigenvalue weighted by Crippen LogP contribution is 2.00. The Bertz CT molecular complexity index is 325. The van der Waals surface area contributed by atoms with Crippen molar-refractivity contribution in [1.29, 1.82) is 0 Å². The third-order valence-corrected chi connectivity index (χ3v) is 1.46. The van der Waals surface area contributed by atoms with Crippen LogP contribution in [0.15, 0.2) is 30.7 Å². The Morgan fingerprint density at radius 3 is 3.08 bits per heavy atom. The van der Waals surface area contributed by atoms with E-state index in [0.29, 0.717) is 11.4 Å².